The molecule has 88 valence electrons. The topological polar surface area (TPSA) is 17.1 Å². The molecule has 15 heavy (non-hydrogen) atoms. The monoisotopic (exact) mass is 210 g/mol. The van der Waals surface area contributed by atoms with Crippen molar-refractivity contribution in [3.05, 3.63) is 11.6 Å². The summed E-state index contributed by atoms with van der Waals surface area (Å²) in [5.41, 5.74) is 1.25. The van der Waals surface area contributed by atoms with E-state index in [2.05, 4.69) is 20.8 Å². The lowest BCUT2D eigenvalue weighted by Crippen LogP contribution is -1.94. The molecule has 0 aromatic carbocycles. The van der Waals surface area contributed by atoms with E-state index < -0.39 is 0 Å². The van der Waals surface area contributed by atoms with E-state index in [1.54, 1.807) is 0 Å². The first-order valence-electron chi connectivity index (χ1n) is 6.40. The summed E-state index contributed by atoms with van der Waals surface area (Å²) >= 11 is 0. The first-order chi connectivity index (χ1) is 7.20. The molecule has 1 nitrogen and oxygen atoms in total. The molecule has 0 saturated heterocycles. The summed E-state index contributed by atoms with van der Waals surface area (Å²) < 4.78 is 0. The fourth-order valence-corrected chi connectivity index (χ4v) is 1.62. The van der Waals surface area contributed by atoms with Gasteiger partial charge in [-0.25, -0.2) is 0 Å². The Morgan fingerprint density at radius 2 is 1.47 bits per heavy atom. The predicted molar refractivity (Wildman–Crippen MR) is 67.0 cm³/mol. The van der Waals surface area contributed by atoms with Crippen molar-refractivity contribution >= 4 is 5.78 Å². The minimum atomic E-state index is 0.317. The highest BCUT2D eigenvalue weighted by Crippen LogP contribution is 2.09. The third kappa shape index (κ3) is 9.71. The van der Waals surface area contributed by atoms with E-state index in [-0.39, 0.29) is 0 Å². The Bertz CT molecular complexity index is 192. The molecule has 0 bridgehead atoms. The number of allylic oxidation sites excluding steroid dienone is 2. The van der Waals surface area contributed by atoms with Gasteiger partial charge in [-0.2, -0.15) is 0 Å². The number of carbonyl (C=O) groups is 1. The Morgan fingerprint density at radius 1 is 0.933 bits per heavy atom. The second-order valence-corrected chi connectivity index (χ2v) is 4.37. The van der Waals surface area contributed by atoms with Crippen LogP contribution in [0.1, 0.15) is 72.1 Å². The largest absolute Gasteiger partial charge is 0.295 e. The first kappa shape index (κ1) is 14.4. The van der Waals surface area contributed by atoms with E-state index in [0.717, 1.165) is 19.3 Å². The van der Waals surface area contributed by atoms with Gasteiger partial charge in [0.05, 0.1) is 0 Å². The molecular formula is C14H26O. The van der Waals surface area contributed by atoms with Crippen LogP contribution in [0, 0.1) is 0 Å². The van der Waals surface area contributed by atoms with Crippen molar-refractivity contribution in [3.8, 4) is 0 Å². The number of rotatable bonds is 9. The van der Waals surface area contributed by atoms with Crippen LogP contribution in [0.4, 0.5) is 0 Å². The average molecular weight is 210 g/mol. The fraction of sp³-hybridized carbons (Fsp3) is 0.786. The normalized spacial score (nSPS) is 11.8. The van der Waals surface area contributed by atoms with Crippen LogP contribution in [0.5, 0.6) is 0 Å². The maximum atomic E-state index is 11.5. The minimum absolute atomic E-state index is 0.317. The SMILES string of the molecule is CCCCCC(=O)C=C(C)CCCCC. The summed E-state index contributed by atoms with van der Waals surface area (Å²) in [6, 6.07) is 0. The molecule has 0 aliphatic carbocycles. The van der Waals surface area contributed by atoms with Crippen molar-refractivity contribution in [3.63, 3.8) is 0 Å². The van der Waals surface area contributed by atoms with E-state index >= 15 is 0 Å². The number of ketones is 1. The van der Waals surface area contributed by atoms with Crippen molar-refractivity contribution in [2.45, 2.75) is 72.1 Å². The fourth-order valence-electron chi connectivity index (χ4n) is 1.62. The smallest absolute Gasteiger partial charge is 0.155 e. The molecule has 0 aliphatic rings. The van der Waals surface area contributed by atoms with Gasteiger partial charge in [0.2, 0.25) is 0 Å². The lowest BCUT2D eigenvalue weighted by molar-refractivity contribution is -0.114. The standard InChI is InChI=1S/C14H26O/c1-4-6-8-10-13(3)12-14(15)11-9-7-5-2/h12H,4-11H2,1-3H3. The van der Waals surface area contributed by atoms with Crippen LogP contribution in [-0.4, -0.2) is 5.78 Å². The van der Waals surface area contributed by atoms with Gasteiger partial charge in [-0.15, -0.1) is 0 Å². The average Bonchev–Trinajstić information content (AvgIpc) is 2.18. The molecule has 0 radical (unpaired) electrons. The highest BCUT2D eigenvalue weighted by atomic mass is 16.1. The molecule has 0 heterocycles. The molecule has 0 aromatic rings. The zero-order valence-electron chi connectivity index (χ0n) is 10.6. The Labute approximate surface area is 95.0 Å². The minimum Gasteiger partial charge on any atom is -0.295 e. The summed E-state index contributed by atoms with van der Waals surface area (Å²) in [5.74, 6) is 0.317. The summed E-state index contributed by atoms with van der Waals surface area (Å²) in [4.78, 5) is 11.5. The Kier molecular flexibility index (Phi) is 9.55. The summed E-state index contributed by atoms with van der Waals surface area (Å²) in [6.07, 6.45) is 10.8. The van der Waals surface area contributed by atoms with E-state index in [1.165, 1.54) is 37.7 Å². The van der Waals surface area contributed by atoms with Gasteiger partial charge in [0.15, 0.2) is 5.78 Å². The quantitative estimate of drug-likeness (QED) is 0.399. The molecule has 0 rings (SSSR count). The van der Waals surface area contributed by atoms with Crippen LogP contribution >= 0.6 is 0 Å². The van der Waals surface area contributed by atoms with Gasteiger partial charge >= 0.3 is 0 Å². The van der Waals surface area contributed by atoms with Crippen LogP contribution in [0.3, 0.4) is 0 Å². The van der Waals surface area contributed by atoms with Crippen LogP contribution < -0.4 is 0 Å². The Balaban J connectivity index is 3.65. The molecular weight excluding hydrogens is 184 g/mol. The van der Waals surface area contributed by atoms with Gasteiger partial charge in [0.1, 0.15) is 0 Å². The molecule has 0 amide bonds. The molecule has 0 atom stereocenters. The molecule has 0 spiro atoms. The zero-order valence-corrected chi connectivity index (χ0v) is 10.6. The number of unbranched alkanes of at least 4 members (excludes halogenated alkanes) is 4. The van der Waals surface area contributed by atoms with Gasteiger partial charge in [-0.05, 0) is 32.3 Å². The maximum absolute atomic E-state index is 11.5. The highest BCUT2D eigenvalue weighted by molar-refractivity contribution is 5.90. The van der Waals surface area contributed by atoms with Gasteiger partial charge in [-0.1, -0.05) is 45.1 Å². The summed E-state index contributed by atoms with van der Waals surface area (Å²) in [6.45, 7) is 6.44. The second kappa shape index (κ2) is 9.95. The first-order valence-corrected chi connectivity index (χ1v) is 6.40. The van der Waals surface area contributed by atoms with E-state index in [1.807, 2.05) is 6.08 Å². The predicted octanol–water partition coefficient (Wildman–Crippen LogP) is 4.66. The summed E-state index contributed by atoms with van der Waals surface area (Å²) in [7, 11) is 0. The molecule has 1 heteroatoms. The van der Waals surface area contributed by atoms with Gasteiger partial charge in [0.25, 0.3) is 0 Å². The van der Waals surface area contributed by atoms with Crippen molar-refractivity contribution in [2.75, 3.05) is 0 Å². The molecule has 0 aromatic heterocycles. The van der Waals surface area contributed by atoms with Crippen LogP contribution in [0.15, 0.2) is 11.6 Å². The van der Waals surface area contributed by atoms with Crippen molar-refractivity contribution in [1.82, 2.24) is 0 Å². The van der Waals surface area contributed by atoms with Crippen LogP contribution in [0.25, 0.3) is 0 Å². The molecule has 0 aliphatic heterocycles. The number of hydrogen-bond donors (Lipinski definition) is 0. The molecule has 0 saturated carbocycles. The van der Waals surface area contributed by atoms with Crippen molar-refractivity contribution in [2.24, 2.45) is 0 Å². The lowest BCUT2D eigenvalue weighted by Gasteiger charge is -2.00. The number of carbonyl (C=O) groups excluding carboxylic acids is 1. The zero-order chi connectivity index (χ0) is 11.5. The van der Waals surface area contributed by atoms with Crippen LogP contribution in [-0.2, 0) is 4.79 Å². The van der Waals surface area contributed by atoms with Crippen LogP contribution in [0.2, 0.25) is 0 Å². The Hall–Kier alpha value is -0.590. The van der Waals surface area contributed by atoms with E-state index in [0.29, 0.717) is 5.78 Å². The molecule has 0 N–H and O–H groups in total. The molecule has 0 unspecified atom stereocenters. The molecule has 0 fully saturated rings. The third-order valence-corrected chi connectivity index (χ3v) is 2.61. The van der Waals surface area contributed by atoms with Crippen molar-refractivity contribution in [1.29, 1.82) is 0 Å². The van der Waals surface area contributed by atoms with Crippen molar-refractivity contribution < 1.29 is 4.79 Å². The van der Waals surface area contributed by atoms with Gasteiger partial charge < -0.3 is 0 Å². The second-order valence-electron chi connectivity index (χ2n) is 4.37. The third-order valence-electron chi connectivity index (χ3n) is 2.61. The van der Waals surface area contributed by atoms with Gasteiger partial charge in [0, 0.05) is 6.42 Å². The Morgan fingerprint density at radius 3 is 2.00 bits per heavy atom. The van der Waals surface area contributed by atoms with Gasteiger partial charge in [-0.3, -0.25) is 4.79 Å². The number of hydrogen-bond acceptors (Lipinski definition) is 1. The summed E-state index contributed by atoms with van der Waals surface area (Å²) in [5, 5.41) is 0. The lowest BCUT2D eigenvalue weighted by atomic mass is 10.1. The maximum Gasteiger partial charge on any atom is 0.155 e. The van der Waals surface area contributed by atoms with E-state index in [4.69, 9.17) is 0 Å². The van der Waals surface area contributed by atoms with E-state index in [9.17, 15) is 4.79 Å². The highest BCUT2D eigenvalue weighted by Gasteiger charge is 1.98.